The van der Waals surface area contributed by atoms with Crippen LogP contribution in [-0.4, -0.2) is 44.0 Å². The zero-order chi connectivity index (χ0) is 13.0. The lowest BCUT2D eigenvalue weighted by molar-refractivity contribution is -0.165. The van der Waals surface area contributed by atoms with Gasteiger partial charge in [-0.3, -0.25) is 0 Å². The van der Waals surface area contributed by atoms with Crippen LogP contribution in [0.1, 0.15) is 38.5 Å². The molecule has 18 heavy (non-hydrogen) atoms. The van der Waals surface area contributed by atoms with Crippen molar-refractivity contribution < 1.29 is 19.0 Å². The first-order chi connectivity index (χ1) is 8.72. The molecule has 0 aromatic heterocycles. The van der Waals surface area contributed by atoms with Crippen LogP contribution in [0.25, 0.3) is 0 Å². The molecule has 0 aromatic rings. The molecule has 2 N–H and O–H groups in total. The van der Waals surface area contributed by atoms with Crippen molar-refractivity contribution in [2.24, 2.45) is 5.73 Å². The largest absolute Gasteiger partial charge is 0.460 e. The Kier molecular flexibility index (Phi) is 4.97. The fraction of sp³-hybridized carbons (Fsp3) is 0.923. The van der Waals surface area contributed by atoms with Crippen LogP contribution in [0.5, 0.6) is 0 Å². The van der Waals surface area contributed by atoms with Gasteiger partial charge in [-0.1, -0.05) is 0 Å². The van der Waals surface area contributed by atoms with Gasteiger partial charge in [-0.05, 0) is 32.1 Å². The van der Waals surface area contributed by atoms with Crippen LogP contribution in [-0.2, 0) is 19.0 Å². The maximum atomic E-state index is 11.9. The molecular weight excluding hydrogens is 234 g/mol. The average molecular weight is 257 g/mol. The zero-order valence-corrected chi connectivity index (χ0v) is 11.0. The van der Waals surface area contributed by atoms with Gasteiger partial charge in [0, 0.05) is 20.1 Å². The van der Waals surface area contributed by atoms with E-state index in [9.17, 15) is 4.79 Å². The smallest absolute Gasteiger partial charge is 0.335 e. The highest BCUT2D eigenvalue weighted by Gasteiger charge is 2.33. The number of hydrogen-bond donors (Lipinski definition) is 1. The minimum absolute atomic E-state index is 0.0145. The molecule has 0 aromatic carbocycles. The molecule has 2 rings (SSSR count). The predicted octanol–water partition coefficient (Wildman–Crippen LogP) is 0.993. The Labute approximate surface area is 108 Å². The first-order valence-corrected chi connectivity index (χ1v) is 6.81. The Hall–Kier alpha value is -0.650. The van der Waals surface area contributed by atoms with E-state index in [2.05, 4.69) is 0 Å². The minimum Gasteiger partial charge on any atom is -0.460 e. The van der Waals surface area contributed by atoms with Gasteiger partial charge in [-0.15, -0.1) is 0 Å². The second-order valence-corrected chi connectivity index (χ2v) is 5.14. The van der Waals surface area contributed by atoms with Crippen LogP contribution in [0.4, 0.5) is 0 Å². The van der Waals surface area contributed by atoms with Gasteiger partial charge >= 0.3 is 5.97 Å². The zero-order valence-electron chi connectivity index (χ0n) is 11.0. The molecule has 1 aliphatic heterocycles. The number of esters is 1. The molecule has 4 atom stereocenters. The Morgan fingerprint density at radius 1 is 1.28 bits per heavy atom. The van der Waals surface area contributed by atoms with Gasteiger partial charge < -0.3 is 19.9 Å². The lowest BCUT2D eigenvalue weighted by atomic mass is 9.95. The standard InChI is InChI=1S/C13H23NO4/c1-16-9-3-2-4-10(7-9)18-13(15)12-6-5-11(8-14)17-12/h9-12H,2-8,14H2,1H3. The van der Waals surface area contributed by atoms with Crippen molar-refractivity contribution in [3.63, 3.8) is 0 Å². The van der Waals surface area contributed by atoms with Gasteiger partial charge in [-0.25, -0.2) is 4.79 Å². The summed E-state index contributed by atoms with van der Waals surface area (Å²) in [5.74, 6) is -0.229. The second kappa shape index (κ2) is 6.50. The van der Waals surface area contributed by atoms with Crippen LogP contribution in [0, 0.1) is 0 Å². The van der Waals surface area contributed by atoms with Gasteiger partial charge in [0.2, 0.25) is 0 Å². The first kappa shape index (κ1) is 13.8. The normalized spacial score (nSPS) is 36.6. The summed E-state index contributed by atoms with van der Waals surface area (Å²) in [5, 5.41) is 0. The summed E-state index contributed by atoms with van der Waals surface area (Å²) >= 11 is 0. The van der Waals surface area contributed by atoms with E-state index >= 15 is 0 Å². The number of hydrogen-bond acceptors (Lipinski definition) is 5. The van der Waals surface area contributed by atoms with Gasteiger partial charge in [0.1, 0.15) is 6.10 Å². The molecule has 1 heterocycles. The monoisotopic (exact) mass is 257 g/mol. The molecular formula is C13H23NO4. The quantitative estimate of drug-likeness (QED) is 0.761. The summed E-state index contributed by atoms with van der Waals surface area (Å²) in [6.07, 6.45) is 5.21. The molecule has 0 bridgehead atoms. The highest BCUT2D eigenvalue weighted by molar-refractivity contribution is 5.75. The van der Waals surface area contributed by atoms with Crippen LogP contribution < -0.4 is 5.73 Å². The highest BCUT2D eigenvalue weighted by Crippen LogP contribution is 2.26. The van der Waals surface area contributed by atoms with E-state index in [1.807, 2.05) is 0 Å². The van der Waals surface area contributed by atoms with Crippen LogP contribution in [0.2, 0.25) is 0 Å². The molecule has 5 nitrogen and oxygen atoms in total. The van der Waals surface area contributed by atoms with Gasteiger partial charge in [-0.2, -0.15) is 0 Å². The van der Waals surface area contributed by atoms with E-state index in [-0.39, 0.29) is 24.3 Å². The van der Waals surface area contributed by atoms with Gasteiger partial charge in [0.05, 0.1) is 12.2 Å². The Morgan fingerprint density at radius 3 is 2.72 bits per heavy atom. The number of carbonyl (C=O) groups is 1. The number of methoxy groups -OCH3 is 1. The van der Waals surface area contributed by atoms with Crippen LogP contribution >= 0.6 is 0 Å². The topological polar surface area (TPSA) is 70.8 Å². The van der Waals surface area contributed by atoms with Crippen molar-refractivity contribution in [2.45, 2.75) is 62.9 Å². The first-order valence-electron chi connectivity index (χ1n) is 6.81. The SMILES string of the molecule is COC1CCCC(OC(=O)C2CCC(CN)O2)C1. The predicted molar refractivity (Wildman–Crippen MR) is 66.1 cm³/mol. The van der Waals surface area contributed by atoms with Crippen LogP contribution in [0.15, 0.2) is 0 Å². The molecule has 2 aliphatic rings. The molecule has 0 spiro atoms. The van der Waals surface area contributed by atoms with Gasteiger partial charge in [0.25, 0.3) is 0 Å². The summed E-state index contributed by atoms with van der Waals surface area (Å²) < 4.78 is 16.4. The molecule has 0 radical (unpaired) electrons. The number of rotatable bonds is 4. The molecule has 4 unspecified atom stereocenters. The van der Waals surface area contributed by atoms with Crippen LogP contribution in [0.3, 0.4) is 0 Å². The molecule has 2 fully saturated rings. The summed E-state index contributed by atoms with van der Waals surface area (Å²) in [6, 6.07) is 0. The summed E-state index contributed by atoms with van der Waals surface area (Å²) in [6.45, 7) is 0.471. The van der Waals surface area contributed by atoms with Gasteiger partial charge in [0.15, 0.2) is 6.10 Å². The van der Waals surface area contributed by atoms with E-state index in [0.29, 0.717) is 6.54 Å². The molecule has 1 aliphatic carbocycles. The number of carbonyl (C=O) groups excluding carboxylic acids is 1. The third kappa shape index (κ3) is 3.43. The van der Waals surface area contributed by atoms with E-state index in [1.54, 1.807) is 7.11 Å². The second-order valence-electron chi connectivity index (χ2n) is 5.14. The summed E-state index contributed by atoms with van der Waals surface area (Å²) in [4.78, 5) is 11.9. The molecule has 1 saturated carbocycles. The lowest BCUT2D eigenvalue weighted by Crippen LogP contribution is -2.34. The van der Waals surface area contributed by atoms with Crippen molar-refractivity contribution in [2.75, 3.05) is 13.7 Å². The van der Waals surface area contributed by atoms with Crippen molar-refractivity contribution >= 4 is 5.97 Å². The Bertz CT molecular complexity index is 284. The van der Waals surface area contributed by atoms with Crippen molar-refractivity contribution in [3.8, 4) is 0 Å². The van der Waals surface area contributed by atoms with E-state index in [0.717, 1.165) is 38.5 Å². The lowest BCUT2D eigenvalue weighted by Gasteiger charge is -2.28. The number of ether oxygens (including phenoxy) is 3. The van der Waals surface area contributed by atoms with E-state index in [1.165, 1.54) is 0 Å². The Morgan fingerprint density at radius 2 is 2.06 bits per heavy atom. The Balaban J connectivity index is 1.77. The number of nitrogens with two attached hydrogens (primary N) is 1. The van der Waals surface area contributed by atoms with Crippen molar-refractivity contribution in [1.82, 2.24) is 0 Å². The maximum absolute atomic E-state index is 11.9. The van der Waals surface area contributed by atoms with Crippen molar-refractivity contribution in [1.29, 1.82) is 0 Å². The fourth-order valence-corrected chi connectivity index (χ4v) is 2.72. The summed E-state index contributed by atoms with van der Waals surface area (Å²) in [7, 11) is 1.71. The maximum Gasteiger partial charge on any atom is 0.335 e. The highest BCUT2D eigenvalue weighted by atomic mass is 16.6. The van der Waals surface area contributed by atoms with Crippen molar-refractivity contribution in [3.05, 3.63) is 0 Å². The molecule has 104 valence electrons. The van der Waals surface area contributed by atoms with E-state index in [4.69, 9.17) is 19.9 Å². The minimum atomic E-state index is -0.415. The van der Waals surface area contributed by atoms with E-state index < -0.39 is 6.10 Å². The average Bonchev–Trinajstić information content (AvgIpc) is 2.88. The molecule has 0 amide bonds. The summed E-state index contributed by atoms with van der Waals surface area (Å²) in [5.41, 5.74) is 5.52. The third-order valence-electron chi connectivity index (χ3n) is 3.83. The molecule has 5 heteroatoms. The fourth-order valence-electron chi connectivity index (χ4n) is 2.72. The third-order valence-corrected chi connectivity index (χ3v) is 3.83. The molecule has 1 saturated heterocycles.